The quantitative estimate of drug-likeness (QED) is 0.124. The normalized spacial score (nSPS) is 12.8. The predicted molar refractivity (Wildman–Crippen MR) is 138 cm³/mol. The molecule has 0 fully saturated rings. The van der Waals surface area contributed by atoms with Gasteiger partial charge in [0.25, 0.3) is 0 Å². The maximum Gasteiger partial charge on any atom is 0.407 e. The third kappa shape index (κ3) is 13.4. The van der Waals surface area contributed by atoms with Gasteiger partial charge in [0.1, 0.15) is 24.7 Å². The number of alkyl carbamates (subject to hydrolysis) is 1. The molecule has 1 aromatic rings. The number of aliphatic carboxylic acids is 1. The van der Waals surface area contributed by atoms with Gasteiger partial charge in [-0.05, 0) is 57.6 Å². The highest BCUT2D eigenvalue weighted by Crippen LogP contribution is 2.05. The Morgan fingerprint density at radius 1 is 0.921 bits per heavy atom. The first kappa shape index (κ1) is 32.2. The van der Waals surface area contributed by atoms with Gasteiger partial charge in [-0.1, -0.05) is 30.3 Å². The number of hydrogen-bond acceptors (Lipinski definition) is 8. The van der Waals surface area contributed by atoms with E-state index in [9.17, 15) is 29.1 Å². The Hall–Kier alpha value is -3.87. The van der Waals surface area contributed by atoms with Gasteiger partial charge in [0, 0.05) is 6.54 Å². The molecule has 0 aliphatic heterocycles. The summed E-state index contributed by atoms with van der Waals surface area (Å²) in [5.74, 6) is -2.50. The highest BCUT2D eigenvalue weighted by Gasteiger charge is 2.26. The number of nitrogens with two attached hydrogens (primary N) is 1. The van der Waals surface area contributed by atoms with Crippen LogP contribution in [0.3, 0.4) is 0 Å². The molecule has 0 bridgehead atoms. The van der Waals surface area contributed by atoms with Gasteiger partial charge < -0.3 is 41.6 Å². The minimum Gasteiger partial charge on any atom is -0.480 e. The Labute approximate surface area is 222 Å². The fraction of sp³-hybridized carbons (Fsp3) is 0.560. The number of ether oxygens (including phenoxy) is 2. The van der Waals surface area contributed by atoms with Gasteiger partial charge >= 0.3 is 24.1 Å². The standard InChI is InChI=1S/C25H39N5O8/c1-17(23(34)37-2)28-21(31)19(29-24(35)30-20(22(32)33)13-6-8-14-26)12-7-9-15-27-25(36)38-16-18-10-4-3-5-11-18/h3-5,10-11,17,19-20H,6-9,12-16,26H2,1-2H3,(H,27,36)(H,28,31)(H,32,33)(H2,29,30,35)/t17-,19-,20+/m1/s1. The Morgan fingerprint density at radius 3 is 2.18 bits per heavy atom. The number of amides is 4. The maximum absolute atomic E-state index is 12.8. The van der Waals surface area contributed by atoms with Crippen LogP contribution < -0.4 is 27.0 Å². The van der Waals surface area contributed by atoms with Crippen molar-refractivity contribution < 1.29 is 38.6 Å². The predicted octanol–water partition coefficient (Wildman–Crippen LogP) is 1.01. The lowest BCUT2D eigenvalue weighted by Gasteiger charge is -2.22. The van der Waals surface area contributed by atoms with Gasteiger partial charge in [-0.25, -0.2) is 19.2 Å². The largest absolute Gasteiger partial charge is 0.480 e. The Morgan fingerprint density at radius 2 is 1.55 bits per heavy atom. The summed E-state index contributed by atoms with van der Waals surface area (Å²) in [7, 11) is 1.18. The summed E-state index contributed by atoms with van der Waals surface area (Å²) in [6.07, 6.45) is 1.77. The zero-order chi connectivity index (χ0) is 28.3. The number of urea groups is 1. The fourth-order valence-corrected chi connectivity index (χ4v) is 3.36. The van der Waals surface area contributed by atoms with E-state index in [0.29, 0.717) is 32.2 Å². The van der Waals surface area contributed by atoms with Gasteiger partial charge in [0.2, 0.25) is 5.91 Å². The lowest BCUT2D eigenvalue weighted by Crippen LogP contribution is -2.55. The number of carbonyl (C=O) groups excluding carboxylic acids is 4. The average molecular weight is 538 g/mol. The number of unbranched alkanes of at least 4 members (excludes halogenated alkanes) is 2. The first-order valence-corrected chi connectivity index (χ1v) is 12.5. The topological polar surface area (TPSA) is 198 Å². The molecule has 0 unspecified atom stereocenters. The highest BCUT2D eigenvalue weighted by atomic mass is 16.5. The van der Waals surface area contributed by atoms with Crippen molar-refractivity contribution in [2.24, 2.45) is 5.73 Å². The minimum absolute atomic E-state index is 0.135. The molecule has 212 valence electrons. The number of carboxylic acids is 1. The summed E-state index contributed by atoms with van der Waals surface area (Å²) in [6.45, 7) is 2.24. The van der Waals surface area contributed by atoms with E-state index in [0.717, 1.165) is 5.56 Å². The van der Waals surface area contributed by atoms with Gasteiger partial charge in [0.05, 0.1) is 7.11 Å². The SMILES string of the molecule is COC(=O)[C@@H](C)NC(=O)[C@@H](CCCCNC(=O)OCc1ccccc1)NC(=O)N[C@@H](CCCCN)C(=O)O. The molecule has 13 heteroatoms. The smallest absolute Gasteiger partial charge is 0.407 e. The number of rotatable bonds is 17. The van der Waals surface area contributed by atoms with Gasteiger partial charge in [-0.3, -0.25) is 4.79 Å². The summed E-state index contributed by atoms with van der Waals surface area (Å²) >= 11 is 0. The van der Waals surface area contributed by atoms with Crippen LogP contribution in [0.5, 0.6) is 0 Å². The van der Waals surface area contributed by atoms with Crippen molar-refractivity contribution in [2.45, 2.75) is 70.2 Å². The van der Waals surface area contributed by atoms with Crippen LogP contribution in [-0.2, 0) is 30.5 Å². The fourth-order valence-electron chi connectivity index (χ4n) is 3.36. The molecule has 1 rings (SSSR count). The number of carboxylic acid groups (broad SMARTS) is 1. The molecule has 0 aromatic heterocycles. The highest BCUT2D eigenvalue weighted by molar-refractivity contribution is 5.91. The van der Waals surface area contributed by atoms with Crippen molar-refractivity contribution >= 4 is 30.0 Å². The van der Waals surface area contributed by atoms with E-state index >= 15 is 0 Å². The molecule has 0 saturated carbocycles. The number of carbonyl (C=O) groups is 5. The van der Waals surface area contributed by atoms with Gasteiger partial charge in [-0.2, -0.15) is 0 Å². The Balaban J connectivity index is 2.60. The Kier molecular flexibility index (Phi) is 15.6. The molecule has 7 N–H and O–H groups in total. The molecule has 0 saturated heterocycles. The van der Waals surface area contributed by atoms with Crippen molar-refractivity contribution in [3.8, 4) is 0 Å². The lowest BCUT2D eigenvalue weighted by molar-refractivity contribution is -0.144. The van der Waals surface area contributed by atoms with Crippen LogP contribution in [0.25, 0.3) is 0 Å². The second-order valence-corrected chi connectivity index (χ2v) is 8.58. The molecule has 13 nitrogen and oxygen atoms in total. The first-order chi connectivity index (χ1) is 18.2. The molecule has 0 radical (unpaired) electrons. The average Bonchev–Trinajstić information content (AvgIpc) is 2.90. The van der Waals surface area contributed by atoms with Crippen molar-refractivity contribution in [3.63, 3.8) is 0 Å². The van der Waals surface area contributed by atoms with Crippen LogP contribution in [0.15, 0.2) is 30.3 Å². The van der Waals surface area contributed by atoms with Crippen LogP contribution in [0, 0.1) is 0 Å². The molecular formula is C25H39N5O8. The molecule has 38 heavy (non-hydrogen) atoms. The molecule has 3 atom stereocenters. The van der Waals surface area contributed by atoms with E-state index in [1.165, 1.54) is 14.0 Å². The van der Waals surface area contributed by atoms with E-state index in [-0.39, 0.29) is 26.0 Å². The second-order valence-electron chi connectivity index (χ2n) is 8.58. The summed E-state index contributed by atoms with van der Waals surface area (Å²) in [6, 6.07) is 5.21. The van der Waals surface area contributed by atoms with E-state index in [2.05, 4.69) is 26.0 Å². The minimum atomic E-state index is -1.21. The number of methoxy groups -OCH3 is 1. The van der Waals surface area contributed by atoms with Crippen molar-refractivity contribution in [2.75, 3.05) is 20.2 Å². The number of benzene rings is 1. The van der Waals surface area contributed by atoms with Crippen molar-refractivity contribution in [3.05, 3.63) is 35.9 Å². The van der Waals surface area contributed by atoms with Crippen LogP contribution in [-0.4, -0.2) is 73.4 Å². The molecule has 0 spiro atoms. The number of nitrogens with one attached hydrogen (secondary N) is 4. The van der Waals surface area contributed by atoms with Gasteiger partial charge in [-0.15, -0.1) is 0 Å². The lowest BCUT2D eigenvalue weighted by atomic mass is 10.1. The molecule has 0 aliphatic carbocycles. The molecular weight excluding hydrogens is 498 g/mol. The van der Waals surface area contributed by atoms with Crippen molar-refractivity contribution in [1.29, 1.82) is 0 Å². The van der Waals surface area contributed by atoms with Crippen LogP contribution >= 0.6 is 0 Å². The third-order valence-corrected chi connectivity index (χ3v) is 5.49. The van der Waals surface area contributed by atoms with Crippen LogP contribution in [0.2, 0.25) is 0 Å². The summed E-state index contributed by atoms with van der Waals surface area (Å²) in [5, 5.41) is 19.3. The zero-order valence-electron chi connectivity index (χ0n) is 21.9. The number of esters is 1. The maximum atomic E-state index is 12.8. The van der Waals surface area contributed by atoms with Crippen LogP contribution in [0.4, 0.5) is 9.59 Å². The first-order valence-electron chi connectivity index (χ1n) is 12.5. The third-order valence-electron chi connectivity index (χ3n) is 5.49. The van der Waals surface area contributed by atoms with E-state index in [4.69, 9.17) is 10.5 Å². The Bertz CT molecular complexity index is 899. The van der Waals surface area contributed by atoms with E-state index in [1.54, 1.807) is 0 Å². The zero-order valence-corrected chi connectivity index (χ0v) is 21.9. The summed E-state index contributed by atoms with van der Waals surface area (Å²) in [5.41, 5.74) is 6.28. The van der Waals surface area contributed by atoms with Crippen LogP contribution in [0.1, 0.15) is 51.0 Å². The molecule has 0 heterocycles. The molecule has 1 aromatic carbocycles. The van der Waals surface area contributed by atoms with E-state index in [1.807, 2.05) is 30.3 Å². The second kappa shape index (κ2) is 18.4. The summed E-state index contributed by atoms with van der Waals surface area (Å²) in [4.78, 5) is 60.3. The van der Waals surface area contributed by atoms with E-state index < -0.39 is 48.1 Å². The summed E-state index contributed by atoms with van der Waals surface area (Å²) < 4.78 is 9.74. The molecule has 4 amide bonds. The van der Waals surface area contributed by atoms with Gasteiger partial charge in [0.15, 0.2) is 0 Å². The van der Waals surface area contributed by atoms with Crippen molar-refractivity contribution in [1.82, 2.24) is 21.3 Å². The number of hydrogen-bond donors (Lipinski definition) is 6. The monoisotopic (exact) mass is 537 g/mol. The molecule has 0 aliphatic rings.